The fourth-order valence-corrected chi connectivity index (χ4v) is 2.05. The van der Waals surface area contributed by atoms with Gasteiger partial charge in [-0.3, -0.25) is 4.79 Å². The Kier molecular flexibility index (Phi) is 4.07. The molecule has 0 amide bonds. The van der Waals surface area contributed by atoms with Crippen LogP contribution in [0.25, 0.3) is 0 Å². The molecule has 0 radical (unpaired) electrons. The second-order valence-electron chi connectivity index (χ2n) is 3.68. The SMILES string of the molecule is CCC1CCCC(=O)C(Cl)CC1. The summed E-state index contributed by atoms with van der Waals surface area (Å²) in [5.41, 5.74) is 0. The van der Waals surface area contributed by atoms with Crippen molar-refractivity contribution in [3.8, 4) is 0 Å². The molecule has 1 saturated carbocycles. The highest BCUT2D eigenvalue weighted by Crippen LogP contribution is 2.25. The summed E-state index contributed by atoms with van der Waals surface area (Å²) in [6.45, 7) is 2.22. The Balaban J connectivity index is 2.40. The average Bonchev–Trinajstić information content (AvgIpc) is 2.07. The fourth-order valence-electron chi connectivity index (χ4n) is 1.82. The van der Waals surface area contributed by atoms with Crippen LogP contribution in [0, 0.1) is 5.92 Å². The standard InChI is InChI=1S/C10H17ClO/c1-2-8-4-3-5-10(12)9(11)7-6-8/h8-9H,2-7H2,1H3. The number of carbonyl (C=O) groups is 1. The van der Waals surface area contributed by atoms with Crippen molar-refractivity contribution < 1.29 is 4.79 Å². The van der Waals surface area contributed by atoms with E-state index in [0.29, 0.717) is 6.42 Å². The Labute approximate surface area is 79.5 Å². The highest BCUT2D eigenvalue weighted by atomic mass is 35.5. The van der Waals surface area contributed by atoms with Gasteiger partial charge >= 0.3 is 0 Å². The summed E-state index contributed by atoms with van der Waals surface area (Å²) < 4.78 is 0. The van der Waals surface area contributed by atoms with E-state index in [0.717, 1.165) is 25.2 Å². The highest BCUT2D eigenvalue weighted by Gasteiger charge is 2.20. The third kappa shape index (κ3) is 2.78. The van der Waals surface area contributed by atoms with E-state index in [1.165, 1.54) is 12.8 Å². The lowest BCUT2D eigenvalue weighted by Crippen LogP contribution is -2.18. The number of hydrogen-bond donors (Lipinski definition) is 0. The van der Waals surface area contributed by atoms with Gasteiger partial charge in [-0.2, -0.15) is 0 Å². The minimum absolute atomic E-state index is 0.195. The predicted molar refractivity (Wildman–Crippen MR) is 51.5 cm³/mol. The molecule has 0 spiro atoms. The van der Waals surface area contributed by atoms with E-state index in [4.69, 9.17) is 11.6 Å². The van der Waals surface area contributed by atoms with Crippen LogP contribution in [0.15, 0.2) is 0 Å². The van der Waals surface area contributed by atoms with Crippen LogP contribution in [0.4, 0.5) is 0 Å². The lowest BCUT2D eigenvalue weighted by molar-refractivity contribution is -0.119. The first-order valence-electron chi connectivity index (χ1n) is 4.90. The number of rotatable bonds is 1. The third-order valence-electron chi connectivity index (χ3n) is 2.79. The molecule has 2 heteroatoms. The molecular weight excluding hydrogens is 172 g/mol. The number of hydrogen-bond acceptors (Lipinski definition) is 1. The van der Waals surface area contributed by atoms with Crippen LogP contribution in [-0.2, 0) is 4.79 Å². The van der Waals surface area contributed by atoms with Crippen molar-refractivity contribution in [2.45, 2.75) is 50.8 Å². The molecule has 1 fully saturated rings. The van der Waals surface area contributed by atoms with Crippen molar-refractivity contribution in [3.63, 3.8) is 0 Å². The van der Waals surface area contributed by atoms with Crippen LogP contribution in [0.1, 0.15) is 45.4 Å². The van der Waals surface area contributed by atoms with Crippen LogP contribution in [0.2, 0.25) is 0 Å². The molecule has 2 unspecified atom stereocenters. The summed E-state index contributed by atoms with van der Waals surface area (Å²) in [6, 6.07) is 0. The van der Waals surface area contributed by atoms with E-state index >= 15 is 0 Å². The molecule has 0 aliphatic heterocycles. The quantitative estimate of drug-likeness (QED) is 0.578. The number of carbonyl (C=O) groups excluding carboxylic acids is 1. The minimum Gasteiger partial charge on any atom is -0.298 e. The summed E-state index contributed by atoms with van der Waals surface area (Å²) in [6.07, 6.45) is 6.21. The molecule has 12 heavy (non-hydrogen) atoms. The Bertz CT molecular complexity index is 156. The summed E-state index contributed by atoms with van der Waals surface area (Å²) in [7, 11) is 0. The van der Waals surface area contributed by atoms with Crippen molar-refractivity contribution >= 4 is 17.4 Å². The van der Waals surface area contributed by atoms with Gasteiger partial charge in [-0.1, -0.05) is 19.8 Å². The van der Waals surface area contributed by atoms with Crippen molar-refractivity contribution in [1.82, 2.24) is 0 Å². The first kappa shape index (κ1) is 10.0. The van der Waals surface area contributed by atoms with E-state index in [-0.39, 0.29) is 11.2 Å². The first-order valence-corrected chi connectivity index (χ1v) is 5.34. The van der Waals surface area contributed by atoms with Crippen LogP contribution >= 0.6 is 11.6 Å². The second-order valence-corrected chi connectivity index (χ2v) is 4.20. The molecule has 1 aliphatic carbocycles. The number of Topliss-reactive ketones (excluding diaryl/α,β-unsaturated/α-hetero) is 1. The van der Waals surface area contributed by atoms with Crippen molar-refractivity contribution in [2.24, 2.45) is 5.92 Å². The van der Waals surface area contributed by atoms with E-state index in [2.05, 4.69) is 6.92 Å². The van der Waals surface area contributed by atoms with Crippen LogP contribution in [-0.4, -0.2) is 11.2 Å². The summed E-state index contributed by atoms with van der Waals surface area (Å²) in [5, 5.41) is -0.195. The normalized spacial score (nSPS) is 32.7. The van der Waals surface area contributed by atoms with Gasteiger partial charge < -0.3 is 0 Å². The molecule has 0 aromatic heterocycles. The highest BCUT2D eigenvalue weighted by molar-refractivity contribution is 6.31. The molecule has 1 nitrogen and oxygen atoms in total. The zero-order chi connectivity index (χ0) is 8.97. The molecule has 1 aliphatic rings. The smallest absolute Gasteiger partial charge is 0.150 e. The maximum atomic E-state index is 11.2. The third-order valence-corrected chi connectivity index (χ3v) is 3.25. The van der Waals surface area contributed by atoms with Crippen LogP contribution < -0.4 is 0 Å². The zero-order valence-electron chi connectivity index (χ0n) is 7.68. The summed E-state index contributed by atoms with van der Waals surface area (Å²) in [4.78, 5) is 11.2. The van der Waals surface area contributed by atoms with Crippen molar-refractivity contribution in [1.29, 1.82) is 0 Å². The Morgan fingerprint density at radius 1 is 1.42 bits per heavy atom. The zero-order valence-corrected chi connectivity index (χ0v) is 8.44. The van der Waals surface area contributed by atoms with Gasteiger partial charge in [0.25, 0.3) is 0 Å². The van der Waals surface area contributed by atoms with Gasteiger partial charge in [-0.25, -0.2) is 0 Å². The first-order chi connectivity index (χ1) is 5.74. The molecule has 0 N–H and O–H groups in total. The Hall–Kier alpha value is -0.0400. The average molecular weight is 189 g/mol. The minimum atomic E-state index is -0.195. The van der Waals surface area contributed by atoms with E-state index in [1.54, 1.807) is 0 Å². The van der Waals surface area contributed by atoms with Crippen molar-refractivity contribution in [3.05, 3.63) is 0 Å². The Morgan fingerprint density at radius 3 is 2.83 bits per heavy atom. The number of ketones is 1. The van der Waals surface area contributed by atoms with E-state index < -0.39 is 0 Å². The topological polar surface area (TPSA) is 17.1 Å². The predicted octanol–water partition coefficient (Wildman–Crippen LogP) is 3.15. The van der Waals surface area contributed by atoms with Gasteiger partial charge in [0.2, 0.25) is 0 Å². The Morgan fingerprint density at radius 2 is 2.17 bits per heavy atom. The van der Waals surface area contributed by atoms with Gasteiger partial charge in [0.05, 0.1) is 5.38 Å². The van der Waals surface area contributed by atoms with Crippen LogP contribution in [0.5, 0.6) is 0 Å². The molecule has 2 atom stereocenters. The number of halogens is 1. The lowest BCUT2D eigenvalue weighted by atomic mass is 9.89. The van der Waals surface area contributed by atoms with Gasteiger partial charge in [-0.05, 0) is 25.2 Å². The lowest BCUT2D eigenvalue weighted by Gasteiger charge is -2.19. The molecule has 0 saturated heterocycles. The largest absolute Gasteiger partial charge is 0.298 e. The maximum Gasteiger partial charge on any atom is 0.150 e. The summed E-state index contributed by atoms with van der Waals surface area (Å²) in [5.74, 6) is 1.06. The molecule has 70 valence electrons. The molecule has 0 bridgehead atoms. The molecule has 0 aromatic carbocycles. The molecule has 0 heterocycles. The number of alkyl halides is 1. The van der Waals surface area contributed by atoms with Gasteiger partial charge in [-0.15, -0.1) is 11.6 Å². The molecule has 0 aromatic rings. The second kappa shape index (κ2) is 4.86. The monoisotopic (exact) mass is 188 g/mol. The van der Waals surface area contributed by atoms with E-state index in [1.807, 2.05) is 0 Å². The summed E-state index contributed by atoms with van der Waals surface area (Å²) >= 11 is 5.92. The van der Waals surface area contributed by atoms with E-state index in [9.17, 15) is 4.79 Å². The maximum absolute atomic E-state index is 11.2. The van der Waals surface area contributed by atoms with Gasteiger partial charge in [0.15, 0.2) is 5.78 Å². The molecule has 1 rings (SSSR count). The fraction of sp³-hybridized carbons (Fsp3) is 0.900. The van der Waals surface area contributed by atoms with Crippen molar-refractivity contribution in [2.75, 3.05) is 0 Å². The van der Waals surface area contributed by atoms with Gasteiger partial charge in [0, 0.05) is 6.42 Å². The van der Waals surface area contributed by atoms with Gasteiger partial charge in [0.1, 0.15) is 0 Å². The van der Waals surface area contributed by atoms with Crippen LogP contribution in [0.3, 0.4) is 0 Å². The molecular formula is C10H17ClO.